The van der Waals surface area contributed by atoms with Gasteiger partial charge in [-0.1, -0.05) is 24.3 Å². The molecular weight excluding hydrogens is 316 g/mol. The van der Waals surface area contributed by atoms with Gasteiger partial charge in [-0.25, -0.2) is 4.79 Å². The molecule has 1 aliphatic heterocycles. The Morgan fingerprint density at radius 1 is 1.08 bits per heavy atom. The number of carbonyl (C=O) groups excluding carboxylic acids is 2. The molecule has 138 valence electrons. The molecule has 1 amide bonds. The Morgan fingerprint density at radius 2 is 1.68 bits per heavy atom. The summed E-state index contributed by atoms with van der Waals surface area (Å²) in [6.45, 7) is 8.73. The van der Waals surface area contributed by atoms with E-state index < -0.39 is 11.7 Å². The number of amides is 1. The van der Waals surface area contributed by atoms with Crippen LogP contribution in [-0.2, 0) is 22.4 Å². The van der Waals surface area contributed by atoms with Crippen molar-refractivity contribution in [1.82, 2.24) is 10.2 Å². The van der Waals surface area contributed by atoms with E-state index in [9.17, 15) is 9.59 Å². The van der Waals surface area contributed by atoms with Gasteiger partial charge in [0.25, 0.3) is 0 Å². The first-order valence-corrected chi connectivity index (χ1v) is 9.10. The van der Waals surface area contributed by atoms with E-state index in [0.717, 1.165) is 30.6 Å². The van der Waals surface area contributed by atoms with Gasteiger partial charge in [-0.3, -0.25) is 9.69 Å². The summed E-state index contributed by atoms with van der Waals surface area (Å²) in [6, 6.07) is 8.06. The molecule has 0 aliphatic carbocycles. The number of benzene rings is 1. The van der Waals surface area contributed by atoms with E-state index in [1.165, 1.54) is 12.8 Å². The van der Waals surface area contributed by atoms with Gasteiger partial charge in [0, 0.05) is 13.0 Å². The molecule has 1 N–H and O–H groups in total. The van der Waals surface area contributed by atoms with Crippen LogP contribution < -0.4 is 5.32 Å². The van der Waals surface area contributed by atoms with E-state index in [0.29, 0.717) is 19.5 Å². The number of rotatable bonds is 7. The average molecular weight is 346 g/mol. The zero-order valence-corrected chi connectivity index (χ0v) is 15.6. The van der Waals surface area contributed by atoms with E-state index in [1.807, 2.05) is 45.0 Å². The van der Waals surface area contributed by atoms with Crippen molar-refractivity contribution in [3.05, 3.63) is 35.4 Å². The third-order valence-corrected chi connectivity index (χ3v) is 4.10. The minimum absolute atomic E-state index is 0.279. The first-order valence-electron chi connectivity index (χ1n) is 9.10. The fraction of sp³-hybridized carbons (Fsp3) is 0.600. The summed E-state index contributed by atoms with van der Waals surface area (Å²) in [5.41, 5.74) is 1.70. The number of carbonyl (C=O) groups is 2. The molecule has 1 heterocycles. The molecule has 0 spiro atoms. The number of likely N-dealkylation sites (tertiary alicyclic amines) is 1. The molecule has 0 saturated carbocycles. The molecule has 0 unspecified atom stereocenters. The number of ether oxygens (including phenoxy) is 1. The number of alkyl carbamates (subject to hydrolysis) is 1. The van der Waals surface area contributed by atoms with Crippen molar-refractivity contribution >= 4 is 11.9 Å². The lowest BCUT2D eigenvalue weighted by atomic mass is 10.0. The van der Waals surface area contributed by atoms with E-state index in [4.69, 9.17) is 4.74 Å². The summed E-state index contributed by atoms with van der Waals surface area (Å²) in [4.78, 5) is 25.9. The Morgan fingerprint density at radius 3 is 2.28 bits per heavy atom. The van der Waals surface area contributed by atoms with Crippen LogP contribution in [0.5, 0.6) is 0 Å². The summed E-state index contributed by atoms with van der Waals surface area (Å²) in [5.74, 6) is 0.279. The maximum atomic E-state index is 12.1. The minimum Gasteiger partial charge on any atom is -0.444 e. The van der Waals surface area contributed by atoms with Crippen LogP contribution in [-0.4, -0.2) is 48.6 Å². The Labute approximate surface area is 150 Å². The molecule has 0 radical (unpaired) electrons. The van der Waals surface area contributed by atoms with Gasteiger partial charge in [0.2, 0.25) is 0 Å². The second-order valence-corrected chi connectivity index (χ2v) is 7.69. The first-order chi connectivity index (χ1) is 11.8. The number of hydrogen-bond acceptors (Lipinski definition) is 4. The summed E-state index contributed by atoms with van der Waals surface area (Å²) in [6.07, 6.45) is 3.25. The molecule has 1 aliphatic rings. The van der Waals surface area contributed by atoms with Gasteiger partial charge >= 0.3 is 6.09 Å². The highest BCUT2D eigenvalue weighted by Crippen LogP contribution is 2.10. The lowest BCUT2D eigenvalue weighted by molar-refractivity contribution is -0.119. The third-order valence-electron chi connectivity index (χ3n) is 4.10. The van der Waals surface area contributed by atoms with Crippen LogP contribution in [0.25, 0.3) is 0 Å². The normalized spacial score (nSPS) is 15.2. The molecule has 1 aromatic carbocycles. The lowest BCUT2D eigenvalue weighted by Gasteiger charge is -2.19. The van der Waals surface area contributed by atoms with Crippen LogP contribution in [0.1, 0.15) is 44.7 Å². The highest BCUT2D eigenvalue weighted by Gasteiger charge is 2.16. The van der Waals surface area contributed by atoms with Crippen LogP contribution in [0, 0.1) is 0 Å². The molecule has 0 bridgehead atoms. The molecule has 1 saturated heterocycles. The zero-order valence-electron chi connectivity index (χ0n) is 15.6. The highest BCUT2D eigenvalue weighted by atomic mass is 16.6. The summed E-state index contributed by atoms with van der Waals surface area (Å²) < 4.78 is 5.20. The van der Waals surface area contributed by atoms with Crippen molar-refractivity contribution in [3.8, 4) is 0 Å². The van der Waals surface area contributed by atoms with Crippen LogP contribution in [0.3, 0.4) is 0 Å². The zero-order chi connectivity index (χ0) is 18.3. The van der Waals surface area contributed by atoms with Crippen molar-refractivity contribution in [3.63, 3.8) is 0 Å². The standard InChI is InChI=1S/C20H30N2O3/c1-20(2,3)25-19(24)21-11-10-16-6-8-17(9-7-16)14-18(23)15-22-12-4-5-13-22/h6-9H,4-5,10-15H2,1-3H3,(H,21,24). The van der Waals surface area contributed by atoms with Crippen LogP contribution in [0.2, 0.25) is 0 Å². The fourth-order valence-electron chi connectivity index (χ4n) is 2.92. The van der Waals surface area contributed by atoms with Crippen LogP contribution in [0.15, 0.2) is 24.3 Å². The number of hydrogen-bond donors (Lipinski definition) is 1. The van der Waals surface area contributed by atoms with Gasteiger partial charge in [0.15, 0.2) is 5.78 Å². The summed E-state index contributed by atoms with van der Waals surface area (Å²) in [5, 5.41) is 2.75. The maximum absolute atomic E-state index is 12.1. The van der Waals surface area contributed by atoms with Gasteiger partial charge < -0.3 is 10.1 Å². The largest absolute Gasteiger partial charge is 0.444 e. The Hall–Kier alpha value is -1.88. The lowest BCUT2D eigenvalue weighted by Crippen LogP contribution is -2.33. The van der Waals surface area contributed by atoms with Crippen molar-refractivity contribution in [2.45, 2.75) is 52.1 Å². The molecule has 0 atom stereocenters. The molecular formula is C20H30N2O3. The first kappa shape index (κ1) is 19.4. The van der Waals surface area contributed by atoms with Gasteiger partial charge in [-0.05, 0) is 64.3 Å². The van der Waals surface area contributed by atoms with E-state index in [2.05, 4.69) is 10.2 Å². The predicted molar refractivity (Wildman–Crippen MR) is 98.8 cm³/mol. The van der Waals surface area contributed by atoms with Crippen LogP contribution >= 0.6 is 0 Å². The smallest absolute Gasteiger partial charge is 0.407 e. The van der Waals surface area contributed by atoms with Crippen molar-refractivity contribution in [1.29, 1.82) is 0 Å². The van der Waals surface area contributed by atoms with E-state index in [-0.39, 0.29) is 5.78 Å². The Balaban J connectivity index is 1.70. The van der Waals surface area contributed by atoms with Crippen molar-refractivity contribution in [2.75, 3.05) is 26.2 Å². The SMILES string of the molecule is CC(C)(C)OC(=O)NCCc1ccc(CC(=O)CN2CCCC2)cc1. The van der Waals surface area contributed by atoms with Gasteiger partial charge in [0.05, 0.1) is 6.54 Å². The molecule has 1 fully saturated rings. The second kappa shape index (κ2) is 8.99. The van der Waals surface area contributed by atoms with Gasteiger partial charge in [-0.2, -0.15) is 0 Å². The number of nitrogens with one attached hydrogen (secondary N) is 1. The molecule has 1 aromatic rings. The number of nitrogens with zero attached hydrogens (tertiary/aromatic N) is 1. The van der Waals surface area contributed by atoms with Gasteiger partial charge in [0.1, 0.15) is 5.60 Å². The van der Waals surface area contributed by atoms with Crippen molar-refractivity contribution in [2.24, 2.45) is 0 Å². The Kier molecular flexibility index (Phi) is 7.00. The van der Waals surface area contributed by atoms with Crippen LogP contribution in [0.4, 0.5) is 4.79 Å². The minimum atomic E-state index is -0.479. The predicted octanol–water partition coefficient (Wildman–Crippen LogP) is 2.96. The second-order valence-electron chi connectivity index (χ2n) is 7.69. The monoisotopic (exact) mass is 346 g/mol. The van der Waals surface area contributed by atoms with Crippen molar-refractivity contribution < 1.29 is 14.3 Å². The topological polar surface area (TPSA) is 58.6 Å². The molecule has 5 heteroatoms. The maximum Gasteiger partial charge on any atom is 0.407 e. The average Bonchev–Trinajstić information content (AvgIpc) is 3.00. The fourth-order valence-corrected chi connectivity index (χ4v) is 2.92. The summed E-state index contributed by atoms with van der Waals surface area (Å²) in [7, 11) is 0. The quantitative estimate of drug-likeness (QED) is 0.825. The molecule has 0 aromatic heterocycles. The van der Waals surface area contributed by atoms with Gasteiger partial charge in [-0.15, -0.1) is 0 Å². The van der Waals surface area contributed by atoms with E-state index >= 15 is 0 Å². The molecule has 2 rings (SSSR count). The molecule has 25 heavy (non-hydrogen) atoms. The molecule has 5 nitrogen and oxygen atoms in total. The van der Waals surface area contributed by atoms with E-state index in [1.54, 1.807) is 0 Å². The Bertz CT molecular complexity index is 570. The number of Topliss-reactive ketones (excluding diaryl/α,β-unsaturated/α-hetero) is 1. The number of ketones is 1. The third kappa shape index (κ3) is 7.69. The highest BCUT2D eigenvalue weighted by molar-refractivity contribution is 5.82. The summed E-state index contributed by atoms with van der Waals surface area (Å²) >= 11 is 0.